The van der Waals surface area contributed by atoms with Gasteiger partial charge >= 0.3 is 5.76 Å². The van der Waals surface area contributed by atoms with Gasteiger partial charge in [0, 0.05) is 12.6 Å². The molecular formula is C14H15NO4. The molecule has 2 rings (SSSR count). The van der Waals surface area contributed by atoms with E-state index in [9.17, 15) is 9.59 Å². The average Bonchev–Trinajstić information content (AvgIpc) is 2.85. The van der Waals surface area contributed by atoms with Crippen molar-refractivity contribution >= 4 is 6.29 Å². The zero-order valence-corrected chi connectivity index (χ0v) is 10.4. The minimum Gasteiger partial charge on any atom is -0.416 e. The minimum atomic E-state index is -0.477. The van der Waals surface area contributed by atoms with Crippen LogP contribution in [0.15, 0.2) is 52.0 Å². The van der Waals surface area contributed by atoms with Gasteiger partial charge in [-0.2, -0.15) is 0 Å². The van der Waals surface area contributed by atoms with Gasteiger partial charge < -0.3 is 13.9 Å². The Kier molecular flexibility index (Phi) is 4.69. The first-order valence-electron chi connectivity index (χ1n) is 6.02. The number of carbonyl (C=O) groups is 1. The third kappa shape index (κ3) is 3.66. The standard InChI is InChI=1S/C14H15NO4/c16-8-6-13(15-7-9-19-14(15)17)11-18-10-12-4-2-1-3-5-12/h1-5,7-9,13H,6,10-11H2. The molecule has 0 fully saturated rings. The van der Waals surface area contributed by atoms with E-state index in [1.807, 2.05) is 30.3 Å². The Morgan fingerprint density at radius 2 is 2.11 bits per heavy atom. The van der Waals surface area contributed by atoms with Gasteiger partial charge in [0.05, 0.1) is 19.3 Å². The second-order valence-corrected chi connectivity index (χ2v) is 4.13. The van der Waals surface area contributed by atoms with Crippen LogP contribution in [0.25, 0.3) is 0 Å². The first kappa shape index (κ1) is 13.3. The number of benzene rings is 1. The van der Waals surface area contributed by atoms with Crippen LogP contribution < -0.4 is 5.76 Å². The average molecular weight is 261 g/mol. The Bertz CT molecular complexity index is 558. The Hall–Kier alpha value is -2.14. The van der Waals surface area contributed by atoms with Gasteiger partial charge in [-0.1, -0.05) is 30.3 Å². The molecule has 100 valence electrons. The summed E-state index contributed by atoms with van der Waals surface area (Å²) in [7, 11) is 0. The molecule has 0 aliphatic heterocycles. The molecule has 2 aromatic rings. The number of oxazole rings is 1. The van der Waals surface area contributed by atoms with Crippen LogP contribution in [0.4, 0.5) is 0 Å². The molecule has 0 radical (unpaired) electrons. The maximum Gasteiger partial charge on any atom is 0.419 e. The van der Waals surface area contributed by atoms with Gasteiger partial charge in [-0.15, -0.1) is 0 Å². The minimum absolute atomic E-state index is 0.216. The van der Waals surface area contributed by atoms with Gasteiger partial charge in [0.1, 0.15) is 12.5 Å². The molecule has 5 nitrogen and oxygen atoms in total. The van der Waals surface area contributed by atoms with Crippen molar-refractivity contribution < 1.29 is 13.9 Å². The molecule has 0 saturated carbocycles. The van der Waals surface area contributed by atoms with Crippen LogP contribution in [0.3, 0.4) is 0 Å². The summed E-state index contributed by atoms with van der Waals surface area (Å²) in [5, 5.41) is 0. The third-order valence-electron chi connectivity index (χ3n) is 2.78. The zero-order chi connectivity index (χ0) is 13.5. The summed E-state index contributed by atoms with van der Waals surface area (Å²) in [5.74, 6) is -0.477. The smallest absolute Gasteiger partial charge is 0.416 e. The van der Waals surface area contributed by atoms with Crippen molar-refractivity contribution in [3.8, 4) is 0 Å². The molecular weight excluding hydrogens is 246 g/mol. The molecule has 1 aromatic heterocycles. The molecule has 1 unspecified atom stereocenters. The molecule has 0 aliphatic carbocycles. The first-order chi connectivity index (χ1) is 9.31. The van der Waals surface area contributed by atoms with Crippen molar-refractivity contribution in [3.05, 3.63) is 58.9 Å². The number of nitrogens with zero attached hydrogens (tertiary/aromatic N) is 1. The van der Waals surface area contributed by atoms with E-state index in [0.29, 0.717) is 6.61 Å². The molecule has 0 spiro atoms. The molecule has 19 heavy (non-hydrogen) atoms. The number of hydrogen-bond acceptors (Lipinski definition) is 4. The predicted molar refractivity (Wildman–Crippen MR) is 68.8 cm³/mol. The molecule has 1 aromatic carbocycles. The third-order valence-corrected chi connectivity index (χ3v) is 2.78. The van der Waals surface area contributed by atoms with Crippen molar-refractivity contribution in [1.29, 1.82) is 0 Å². The highest BCUT2D eigenvalue weighted by atomic mass is 16.5. The van der Waals surface area contributed by atoms with E-state index in [1.54, 1.807) is 0 Å². The Labute approximate surface area is 110 Å². The highest BCUT2D eigenvalue weighted by Crippen LogP contribution is 2.10. The molecule has 0 amide bonds. The van der Waals surface area contributed by atoms with Crippen molar-refractivity contribution in [1.82, 2.24) is 4.57 Å². The van der Waals surface area contributed by atoms with Crippen molar-refractivity contribution in [3.63, 3.8) is 0 Å². The fraction of sp³-hybridized carbons (Fsp3) is 0.286. The maximum atomic E-state index is 11.4. The molecule has 1 atom stereocenters. The van der Waals surface area contributed by atoms with Gasteiger partial charge in [-0.05, 0) is 5.56 Å². The lowest BCUT2D eigenvalue weighted by Crippen LogP contribution is -2.24. The number of aromatic nitrogens is 1. The lowest BCUT2D eigenvalue weighted by atomic mass is 10.2. The highest BCUT2D eigenvalue weighted by molar-refractivity contribution is 5.50. The summed E-state index contributed by atoms with van der Waals surface area (Å²) in [6.07, 6.45) is 3.81. The number of ether oxygens (including phenoxy) is 1. The molecule has 0 aliphatic rings. The Balaban J connectivity index is 1.93. The summed E-state index contributed by atoms with van der Waals surface area (Å²) >= 11 is 0. The molecule has 0 saturated heterocycles. The van der Waals surface area contributed by atoms with E-state index in [-0.39, 0.29) is 19.1 Å². The summed E-state index contributed by atoms with van der Waals surface area (Å²) < 4.78 is 11.6. The lowest BCUT2D eigenvalue weighted by Gasteiger charge is -2.14. The normalized spacial score (nSPS) is 12.2. The fourth-order valence-corrected chi connectivity index (χ4v) is 1.81. The second kappa shape index (κ2) is 6.70. The highest BCUT2D eigenvalue weighted by Gasteiger charge is 2.13. The quantitative estimate of drug-likeness (QED) is 0.713. The van der Waals surface area contributed by atoms with E-state index >= 15 is 0 Å². The zero-order valence-electron chi connectivity index (χ0n) is 10.4. The number of aldehydes is 1. The van der Waals surface area contributed by atoms with Gasteiger partial charge in [0.15, 0.2) is 0 Å². The summed E-state index contributed by atoms with van der Waals surface area (Å²) in [6.45, 7) is 0.732. The lowest BCUT2D eigenvalue weighted by molar-refractivity contribution is -0.109. The van der Waals surface area contributed by atoms with E-state index in [0.717, 1.165) is 11.8 Å². The summed E-state index contributed by atoms with van der Waals surface area (Å²) in [6, 6.07) is 9.39. The number of rotatable bonds is 7. The van der Waals surface area contributed by atoms with Gasteiger partial charge in [-0.25, -0.2) is 4.79 Å². The van der Waals surface area contributed by atoms with E-state index in [4.69, 9.17) is 9.15 Å². The van der Waals surface area contributed by atoms with Crippen LogP contribution in [-0.4, -0.2) is 17.5 Å². The van der Waals surface area contributed by atoms with Gasteiger partial charge in [0.25, 0.3) is 0 Å². The molecule has 5 heteroatoms. The summed E-state index contributed by atoms with van der Waals surface area (Å²) in [5.41, 5.74) is 1.05. The van der Waals surface area contributed by atoms with Gasteiger partial charge in [0.2, 0.25) is 0 Å². The van der Waals surface area contributed by atoms with Crippen LogP contribution in [0.2, 0.25) is 0 Å². The monoisotopic (exact) mass is 261 g/mol. The predicted octanol–water partition coefficient (Wildman–Crippen LogP) is 1.79. The van der Waals surface area contributed by atoms with Crippen molar-refractivity contribution in [2.24, 2.45) is 0 Å². The maximum absolute atomic E-state index is 11.4. The van der Waals surface area contributed by atoms with Crippen LogP contribution in [0.5, 0.6) is 0 Å². The number of carbonyl (C=O) groups excluding carboxylic acids is 1. The molecule has 0 N–H and O–H groups in total. The molecule has 1 heterocycles. The van der Waals surface area contributed by atoms with E-state index in [2.05, 4.69) is 0 Å². The largest absolute Gasteiger partial charge is 0.419 e. The SMILES string of the molecule is O=CCC(COCc1ccccc1)n1ccoc1=O. The van der Waals surface area contributed by atoms with Crippen molar-refractivity contribution in [2.75, 3.05) is 6.61 Å². The van der Waals surface area contributed by atoms with Gasteiger partial charge in [-0.3, -0.25) is 4.57 Å². The van der Waals surface area contributed by atoms with Crippen LogP contribution in [-0.2, 0) is 16.1 Å². The fourth-order valence-electron chi connectivity index (χ4n) is 1.81. The molecule has 0 bridgehead atoms. The second-order valence-electron chi connectivity index (χ2n) is 4.13. The summed E-state index contributed by atoms with van der Waals surface area (Å²) in [4.78, 5) is 22.0. The van der Waals surface area contributed by atoms with Crippen LogP contribution in [0.1, 0.15) is 18.0 Å². The van der Waals surface area contributed by atoms with Crippen LogP contribution >= 0.6 is 0 Å². The Morgan fingerprint density at radius 1 is 1.32 bits per heavy atom. The van der Waals surface area contributed by atoms with Crippen LogP contribution in [0, 0.1) is 0 Å². The van der Waals surface area contributed by atoms with E-state index < -0.39 is 5.76 Å². The first-order valence-corrected chi connectivity index (χ1v) is 6.02. The van der Waals surface area contributed by atoms with Crippen molar-refractivity contribution in [2.45, 2.75) is 19.1 Å². The topological polar surface area (TPSA) is 61.4 Å². The van der Waals surface area contributed by atoms with E-state index in [1.165, 1.54) is 17.0 Å². The Morgan fingerprint density at radius 3 is 2.74 bits per heavy atom. The number of hydrogen-bond donors (Lipinski definition) is 0.